The smallest absolute Gasteiger partial charge is 0.288 e. The first-order chi connectivity index (χ1) is 5.77. The number of hydrogen-bond acceptors (Lipinski definition) is 3. The second kappa shape index (κ2) is 2.58. The van der Waals surface area contributed by atoms with Gasteiger partial charge in [0.25, 0.3) is 5.91 Å². The van der Waals surface area contributed by atoms with Crippen molar-refractivity contribution in [2.75, 3.05) is 0 Å². The van der Waals surface area contributed by atoms with Gasteiger partial charge < -0.3 is 5.32 Å². The monoisotopic (exact) mass is 166 g/mol. The summed E-state index contributed by atoms with van der Waals surface area (Å²) >= 11 is 0. The van der Waals surface area contributed by atoms with E-state index in [2.05, 4.69) is 27.4 Å². The van der Waals surface area contributed by atoms with E-state index in [0.29, 0.717) is 12.0 Å². The molecule has 2 unspecified atom stereocenters. The molecule has 1 aromatic rings. The molecule has 2 N–H and O–H groups in total. The number of nitrogens with zero attached hydrogens (tertiary/aromatic N) is 2. The number of rotatable bonds is 2. The number of amides is 1. The topological polar surface area (TPSA) is 70.7 Å². The van der Waals surface area contributed by atoms with E-state index in [1.165, 1.54) is 6.33 Å². The molecule has 0 aliphatic heterocycles. The molecule has 1 heterocycles. The van der Waals surface area contributed by atoms with Crippen molar-refractivity contribution >= 4 is 5.91 Å². The largest absolute Gasteiger partial charge is 0.346 e. The highest BCUT2D eigenvalue weighted by Gasteiger charge is 2.34. The zero-order chi connectivity index (χ0) is 8.55. The standard InChI is InChI=1S/C7H10N4O/c1-4-2-5(4)10-7(12)6-8-3-9-11-6/h3-5H,2H2,1H3,(H,10,12)(H,8,9,11). The van der Waals surface area contributed by atoms with Crippen LogP contribution in [-0.4, -0.2) is 27.1 Å². The van der Waals surface area contributed by atoms with Gasteiger partial charge in [-0.25, -0.2) is 4.98 Å². The Morgan fingerprint density at radius 3 is 3.08 bits per heavy atom. The number of nitrogens with one attached hydrogen (secondary N) is 2. The zero-order valence-electron chi connectivity index (χ0n) is 6.74. The van der Waals surface area contributed by atoms with Crippen LogP contribution in [0.15, 0.2) is 6.33 Å². The van der Waals surface area contributed by atoms with Gasteiger partial charge in [-0.15, -0.1) is 0 Å². The van der Waals surface area contributed by atoms with E-state index in [4.69, 9.17) is 0 Å². The maximum absolute atomic E-state index is 11.3. The lowest BCUT2D eigenvalue weighted by molar-refractivity contribution is 0.0939. The molecular formula is C7H10N4O. The summed E-state index contributed by atoms with van der Waals surface area (Å²) in [5.41, 5.74) is 0. The minimum Gasteiger partial charge on any atom is -0.346 e. The van der Waals surface area contributed by atoms with Crippen LogP contribution in [0.1, 0.15) is 24.0 Å². The third kappa shape index (κ3) is 1.30. The molecule has 5 heteroatoms. The molecule has 5 nitrogen and oxygen atoms in total. The molecule has 1 aliphatic rings. The summed E-state index contributed by atoms with van der Waals surface area (Å²) in [6.07, 6.45) is 2.39. The van der Waals surface area contributed by atoms with Crippen molar-refractivity contribution in [1.29, 1.82) is 0 Å². The van der Waals surface area contributed by atoms with Gasteiger partial charge in [0.2, 0.25) is 5.82 Å². The third-order valence-corrected chi connectivity index (χ3v) is 2.06. The van der Waals surface area contributed by atoms with Crippen molar-refractivity contribution in [1.82, 2.24) is 20.5 Å². The Balaban J connectivity index is 1.93. The molecule has 64 valence electrons. The van der Waals surface area contributed by atoms with Crippen LogP contribution < -0.4 is 5.32 Å². The lowest BCUT2D eigenvalue weighted by Gasteiger charge is -1.98. The Hall–Kier alpha value is -1.39. The summed E-state index contributed by atoms with van der Waals surface area (Å²) < 4.78 is 0. The molecule has 0 spiro atoms. The summed E-state index contributed by atoms with van der Waals surface area (Å²) in [6, 6.07) is 0.336. The minimum absolute atomic E-state index is 0.165. The first-order valence-corrected chi connectivity index (χ1v) is 3.93. The van der Waals surface area contributed by atoms with Crippen LogP contribution in [0.25, 0.3) is 0 Å². The van der Waals surface area contributed by atoms with Gasteiger partial charge in [0.1, 0.15) is 6.33 Å². The number of aromatic nitrogens is 3. The van der Waals surface area contributed by atoms with E-state index < -0.39 is 0 Å². The van der Waals surface area contributed by atoms with Crippen molar-refractivity contribution in [2.45, 2.75) is 19.4 Å². The van der Waals surface area contributed by atoms with Crippen LogP contribution in [0.5, 0.6) is 0 Å². The zero-order valence-corrected chi connectivity index (χ0v) is 6.74. The lowest BCUT2D eigenvalue weighted by atomic mass is 10.4. The van der Waals surface area contributed by atoms with Gasteiger partial charge in [-0.2, -0.15) is 5.10 Å². The summed E-state index contributed by atoms with van der Waals surface area (Å²) in [5.74, 6) is 0.729. The highest BCUT2D eigenvalue weighted by Crippen LogP contribution is 2.28. The fourth-order valence-electron chi connectivity index (χ4n) is 1.07. The van der Waals surface area contributed by atoms with E-state index in [0.717, 1.165) is 6.42 Å². The van der Waals surface area contributed by atoms with Crippen LogP contribution in [0.3, 0.4) is 0 Å². The van der Waals surface area contributed by atoms with E-state index in [1.807, 2.05) is 0 Å². The van der Waals surface area contributed by atoms with E-state index in [9.17, 15) is 4.79 Å². The van der Waals surface area contributed by atoms with Gasteiger partial charge in [0.15, 0.2) is 0 Å². The van der Waals surface area contributed by atoms with Crippen molar-refractivity contribution in [3.8, 4) is 0 Å². The van der Waals surface area contributed by atoms with Gasteiger partial charge in [0.05, 0.1) is 0 Å². The van der Waals surface area contributed by atoms with Crippen molar-refractivity contribution < 1.29 is 4.79 Å². The summed E-state index contributed by atoms with van der Waals surface area (Å²) in [6.45, 7) is 2.10. The van der Waals surface area contributed by atoms with Gasteiger partial charge >= 0.3 is 0 Å². The molecule has 0 aromatic carbocycles. The minimum atomic E-state index is -0.165. The average molecular weight is 166 g/mol. The normalized spacial score (nSPS) is 26.8. The Morgan fingerprint density at radius 1 is 1.83 bits per heavy atom. The molecule has 0 bridgehead atoms. The van der Waals surface area contributed by atoms with Crippen molar-refractivity contribution in [3.05, 3.63) is 12.2 Å². The Labute approximate surface area is 69.6 Å². The molecule has 1 amide bonds. The Bertz CT molecular complexity index is 282. The molecule has 2 atom stereocenters. The van der Waals surface area contributed by atoms with Crippen LogP contribution in [0, 0.1) is 5.92 Å². The summed E-state index contributed by atoms with van der Waals surface area (Å²) in [7, 11) is 0. The van der Waals surface area contributed by atoms with E-state index >= 15 is 0 Å². The van der Waals surface area contributed by atoms with Crippen LogP contribution in [0.4, 0.5) is 0 Å². The number of aromatic amines is 1. The first kappa shape index (κ1) is 7.27. The molecule has 1 saturated carbocycles. The van der Waals surface area contributed by atoms with E-state index in [1.54, 1.807) is 0 Å². The number of H-pyrrole nitrogens is 1. The number of carbonyl (C=O) groups excluding carboxylic acids is 1. The van der Waals surface area contributed by atoms with Crippen LogP contribution in [-0.2, 0) is 0 Å². The number of hydrogen-bond donors (Lipinski definition) is 2. The van der Waals surface area contributed by atoms with Crippen LogP contribution >= 0.6 is 0 Å². The predicted octanol–water partition coefficient (Wildman–Crippen LogP) is -0.0571. The van der Waals surface area contributed by atoms with Gasteiger partial charge in [-0.3, -0.25) is 9.89 Å². The number of carbonyl (C=O) groups is 1. The molecular weight excluding hydrogens is 156 g/mol. The fourth-order valence-corrected chi connectivity index (χ4v) is 1.07. The van der Waals surface area contributed by atoms with E-state index in [-0.39, 0.29) is 11.7 Å². The quantitative estimate of drug-likeness (QED) is 0.646. The molecule has 12 heavy (non-hydrogen) atoms. The van der Waals surface area contributed by atoms with Gasteiger partial charge in [0, 0.05) is 6.04 Å². The molecule has 0 saturated heterocycles. The fraction of sp³-hybridized carbons (Fsp3) is 0.571. The van der Waals surface area contributed by atoms with Crippen LogP contribution in [0.2, 0.25) is 0 Å². The lowest BCUT2D eigenvalue weighted by Crippen LogP contribution is -2.27. The maximum atomic E-state index is 11.3. The highest BCUT2D eigenvalue weighted by molar-refractivity contribution is 5.90. The molecule has 0 radical (unpaired) electrons. The van der Waals surface area contributed by atoms with Crippen molar-refractivity contribution in [2.24, 2.45) is 5.92 Å². The first-order valence-electron chi connectivity index (χ1n) is 3.93. The molecule has 1 fully saturated rings. The highest BCUT2D eigenvalue weighted by atomic mass is 16.2. The predicted molar refractivity (Wildman–Crippen MR) is 41.4 cm³/mol. The molecule has 1 aromatic heterocycles. The van der Waals surface area contributed by atoms with Crippen molar-refractivity contribution in [3.63, 3.8) is 0 Å². The van der Waals surface area contributed by atoms with Gasteiger partial charge in [-0.1, -0.05) is 6.92 Å². The Morgan fingerprint density at radius 2 is 2.58 bits per heavy atom. The summed E-state index contributed by atoms with van der Waals surface area (Å²) in [5, 5.41) is 8.94. The maximum Gasteiger partial charge on any atom is 0.288 e. The Kier molecular flexibility index (Phi) is 1.56. The second-order valence-corrected chi connectivity index (χ2v) is 3.13. The van der Waals surface area contributed by atoms with Gasteiger partial charge in [-0.05, 0) is 12.3 Å². The molecule has 1 aliphatic carbocycles. The average Bonchev–Trinajstić information content (AvgIpc) is 2.58. The second-order valence-electron chi connectivity index (χ2n) is 3.13. The third-order valence-electron chi connectivity index (χ3n) is 2.06. The summed E-state index contributed by atoms with van der Waals surface area (Å²) in [4.78, 5) is 15.0. The SMILES string of the molecule is CC1CC1NC(=O)c1ncn[nH]1. The molecule has 2 rings (SSSR count).